The van der Waals surface area contributed by atoms with E-state index in [1.165, 1.54) is 21.5 Å². The molecular weight excluding hydrogens is 334 g/mol. The minimum Gasteiger partial charge on any atom is -0.296 e. The van der Waals surface area contributed by atoms with E-state index < -0.39 is 10.0 Å². The van der Waals surface area contributed by atoms with Crippen molar-refractivity contribution in [2.45, 2.75) is 18.4 Å². The van der Waals surface area contributed by atoms with Gasteiger partial charge in [0.05, 0.1) is 16.5 Å². The van der Waals surface area contributed by atoms with Gasteiger partial charge in [-0.15, -0.1) is 0 Å². The van der Waals surface area contributed by atoms with Gasteiger partial charge in [0.2, 0.25) is 10.0 Å². The Balaban J connectivity index is 1.67. The minimum atomic E-state index is -3.54. The molecule has 2 aromatic rings. The second-order valence-corrected chi connectivity index (χ2v) is 8.18. The molecular formula is C19H21N3O2S. The molecule has 5 nitrogen and oxygen atoms in total. The first-order valence-corrected chi connectivity index (χ1v) is 9.72. The maximum absolute atomic E-state index is 12.8. The van der Waals surface area contributed by atoms with E-state index in [0.717, 1.165) is 6.54 Å². The molecule has 0 aromatic heterocycles. The number of sulfonamides is 1. The molecule has 0 radical (unpaired) electrons. The highest BCUT2D eigenvalue weighted by molar-refractivity contribution is 7.89. The van der Waals surface area contributed by atoms with Crippen molar-refractivity contribution < 1.29 is 8.42 Å². The Morgan fingerprint density at radius 1 is 1.04 bits per heavy atom. The molecule has 1 heterocycles. The van der Waals surface area contributed by atoms with Crippen LogP contribution in [0.1, 0.15) is 16.7 Å². The van der Waals surface area contributed by atoms with E-state index in [2.05, 4.69) is 24.0 Å². The molecule has 130 valence electrons. The van der Waals surface area contributed by atoms with E-state index in [-0.39, 0.29) is 4.90 Å². The zero-order chi connectivity index (χ0) is 17.9. The highest BCUT2D eigenvalue weighted by Gasteiger charge is 2.28. The van der Waals surface area contributed by atoms with Crippen LogP contribution < -0.4 is 0 Å². The van der Waals surface area contributed by atoms with Crippen LogP contribution in [0.25, 0.3) is 0 Å². The van der Waals surface area contributed by atoms with Crippen molar-refractivity contribution in [1.29, 1.82) is 5.26 Å². The number of hydrogen-bond donors (Lipinski definition) is 0. The van der Waals surface area contributed by atoms with Crippen LogP contribution in [0.15, 0.2) is 53.4 Å². The fraction of sp³-hybridized carbons (Fsp3) is 0.316. The van der Waals surface area contributed by atoms with Gasteiger partial charge in [0, 0.05) is 32.7 Å². The first-order valence-electron chi connectivity index (χ1n) is 8.28. The molecule has 1 fully saturated rings. The van der Waals surface area contributed by atoms with Gasteiger partial charge in [-0.2, -0.15) is 9.57 Å². The van der Waals surface area contributed by atoms with Crippen molar-refractivity contribution in [2.75, 3.05) is 26.2 Å². The highest BCUT2D eigenvalue weighted by Crippen LogP contribution is 2.20. The summed E-state index contributed by atoms with van der Waals surface area (Å²) in [6.45, 7) is 5.26. The fourth-order valence-electron chi connectivity index (χ4n) is 3.03. The largest absolute Gasteiger partial charge is 0.296 e. The lowest BCUT2D eigenvalue weighted by Gasteiger charge is -2.34. The van der Waals surface area contributed by atoms with E-state index in [4.69, 9.17) is 5.26 Å². The normalized spacial score (nSPS) is 16.5. The van der Waals surface area contributed by atoms with Gasteiger partial charge < -0.3 is 0 Å². The predicted octanol–water partition coefficient (Wildman–Crippen LogP) is 2.37. The molecule has 25 heavy (non-hydrogen) atoms. The zero-order valence-corrected chi connectivity index (χ0v) is 15.0. The Morgan fingerprint density at radius 2 is 1.76 bits per heavy atom. The Hall–Kier alpha value is -2.20. The summed E-state index contributed by atoms with van der Waals surface area (Å²) in [6, 6.07) is 16.5. The number of aryl methyl sites for hydroxylation is 1. The average molecular weight is 355 g/mol. The number of nitrogens with zero attached hydrogens (tertiary/aromatic N) is 3. The molecule has 0 spiro atoms. The number of benzene rings is 2. The monoisotopic (exact) mass is 355 g/mol. The third kappa shape index (κ3) is 3.90. The zero-order valence-electron chi connectivity index (χ0n) is 14.2. The third-order valence-corrected chi connectivity index (χ3v) is 6.48. The van der Waals surface area contributed by atoms with Gasteiger partial charge in [0.25, 0.3) is 0 Å². The van der Waals surface area contributed by atoms with E-state index >= 15 is 0 Å². The Labute approximate surface area is 149 Å². The molecule has 0 unspecified atom stereocenters. The first kappa shape index (κ1) is 17.6. The molecule has 0 atom stereocenters. The topological polar surface area (TPSA) is 64.4 Å². The second kappa shape index (κ2) is 7.36. The highest BCUT2D eigenvalue weighted by atomic mass is 32.2. The van der Waals surface area contributed by atoms with Crippen molar-refractivity contribution in [1.82, 2.24) is 9.21 Å². The molecule has 0 N–H and O–H groups in total. The lowest BCUT2D eigenvalue weighted by atomic mass is 10.1. The van der Waals surface area contributed by atoms with Crippen molar-refractivity contribution in [3.05, 3.63) is 65.2 Å². The maximum atomic E-state index is 12.8. The van der Waals surface area contributed by atoms with Crippen LogP contribution in [-0.4, -0.2) is 43.8 Å². The van der Waals surface area contributed by atoms with E-state index in [0.29, 0.717) is 31.7 Å². The molecule has 0 saturated carbocycles. The fourth-order valence-corrected chi connectivity index (χ4v) is 4.50. The summed E-state index contributed by atoms with van der Waals surface area (Å²) in [5.41, 5.74) is 2.89. The Kier molecular flexibility index (Phi) is 5.19. The molecule has 1 saturated heterocycles. The quantitative estimate of drug-likeness (QED) is 0.845. The van der Waals surface area contributed by atoms with Gasteiger partial charge in [0.15, 0.2) is 0 Å². The number of rotatable bonds is 4. The summed E-state index contributed by atoms with van der Waals surface area (Å²) in [4.78, 5) is 2.47. The van der Waals surface area contributed by atoms with Crippen LogP contribution >= 0.6 is 0 Å². The van der Waals surface area contributed by atoms with Gasteiger partial charge in [-0.25, -0.2) is 8.42 Å². The van der Waals surface area contributed by atoms with Crippen LogP contribution in [0.5, 0.6) is 0 Å². The SMILES string of the molecule is Cc1ccccc1CN1CCN(S(=O)(=O)c2cccc(C#N)c2)CC1. The van der Waals surface area contributed by atoms with E-state index in [9.17, 15) is 8.42 Å². The summed E-state index contributed by atoms with van der Waals surface area (Å²) in [7, 11) is -3.54. The number of hydrogen-bond acceptors (Lipinski definition) is 4. The van der Waals surface area contributed by atoms with Gasteiger partial charge in [0.1, 0.15) is 0 Å². The molecule has 2 aromatic carbocycles. The molecule has 1 aliphatic heterocycles. The lowest BCUT2D eigenvalue weighted by molar-refractivity contribution is 0.181. The van der Waals surface area contributed by atoms with Gasteiger partial charge in [-0.05, 0) is 36.2 Å². The van der Waals surface area contributed by atoms with Crippen LogP contribution in [0.2, 0.25) is 0 Å². The van der Waals surface area contributed by atoms with Crippen LogP contribution in [0.4, 0.5) is 0 Å². The van der Waals surface area contributed by atoms with Gasteiger partial charge >= 0.3 is 0 Å². The van der Waals surface area contributed by atoms with Crippen molar-refractivity contribution in [3.63, 3.8) is 0 Å². The average Bonchev–Trinajstić information content (AvgIpc) is 2.64. The van der Waals surface area contributed by atoms with E-state index in [1.54, 1.807) is 18.2 Å². The third-order valence-electron chi connectivity index (χ3n) is 4.59. The molecule has 1 aliphatic rings. The predicted molar refractivity (Wildman–Crippen MR) is 96.4 cm³/mol. The summed E-state index contributed by atoms with van der Waals surface area (Å²) < 4.78 is 27.1. The Bertz CT molecular complexity index is 895. The number of piperazine rings is 1. The standard InChI is InChI=1S/C19H21N3O2S/c1-16-5-2-3-7-18(16)15-21-9-11-22(12-10-21)25(23,24)19-8-4-6-17(13-19)14-20/h2-8,13H,9-12,15H2,1H3. The lowest BCUT2D eigenvalue weighted by Crippen LogP contribution is -2.48. The van der Waals surface area contributed by atoms with Crippen LogP contribution in [0.3, 0.4) is 0 Å². The van der Waals surface area contributed by atoms with Crippen molar-refractivity contribution >= 4 is 10.0 Å². The molecule has 0 amide bonds. The summed E-state index contributed by atoms with van der Waals surface area (Å²) >= 11 is 0. The minimum absolute atomic E-state index is 0.193. The van der Waals surface area contributed by atoms with Crippen molar-refractivity contribution in [3.8, 4) is 6.07 Å². The molecule has 3 rings (SSSR count). The molecule has 6 heteroatoms. The molecule has 0 bridgehead atoms. The smallest absolute Gasteiger partial charge is 0.243 e. The van der Waals surface area contributed by atoms with Crippen LogP contribution in [0, 0.1) is 18.3 Å². The van der Waals surface area contributed by atoms with E-state index in [1.807, 2.05) is 18.2 Å². The maximum Gasteiger partial charge on any atom is 0.243 e. The van der Waals surface area contributed by atoms with Gasteiger partial charge in [-0.3, -0.25) is 4.90 Å². The summed E-state index contributed by atoms with van der Waals surface area (Å²) in [5.74, 6) is 0. The summed E-state index contributed by atoms with van der Waals surface area (Å²) in [5, 5.41) is 8.97. The first-order chi connectivity index (χ1) is 12.0. The van der Waals surface area contributed by atoms with Gasteiger partial charge in [-0.1, -0.05) is 30.3 Å². The van der Waals surface area contributed by atoms with Crippen molar-refractivity contribution in [2.24, 2.45) is 0 Å². The Morgan fingerprint density at radius 3 is 2.44 bits per heavy atom. The molecule has 0 aliphatic carbocycles. The summed E-state index contributed by atoms with van der Waals surface area (Å²) in [6.07, 6.45) is 0. The number of nitriles is 1. The van der Waals surface area contributed by atoms with Crippen LogP contribution in [-0.2, 0) is 16.6 Å². The second-order valence-electron chi connectivity index (χ2n) is 6.25.